The standard InChI is InChI=1S/C9H13NO4S/c1-13-7-3-4-8(14-2)9(5-7)15(11,12)6-10/h3-5H,6,10H2,1-2H3. The number of rotatable bonds is 4. The quantitative estimate of drug-likeness (QED) is 0.811. The van der Waals surface area contributed by atoms with E-state index in [1.165, 1.54) is 26.4 Å². The van der Waals surface area contributed by atoms with E-state index in [0.717, 1.165) is 0 Å². The second-order valence-electron chi connectivity index (χ2n) is 2.80. The first-order valence-electron chi connectivity index (χ1n) is 4.20. The Morgan fingerprint density at radius 1 is 1.27 bits per heavy atom. The van der Waals surface area contributed by atoms with Gasteiger partial charge in [-0.1, -0.05) is 0 Å². The summed E-state index contributed by atoms with van der Waals surface area (Å²) in [6, 6.07) is 4.54. The van der Waals surface area contributed by atoms with Crippen molar-refractivity contribution in [2.24, 2.45) is 5.73 Å². The van der Waals surface area contributed by atoms with Crippen LogP contribution in [0.3, 0.4) is 0 Å². The minimum atomic E-state index is -3.50. The number of sulfone groups is 1. The fourth-order valence-corrected chi connectivity index (χ4v) is 2.05. The van der Waals surface area contributed by atoms with Gasteiger partial charge in [0.25, 0.3) is 0 Å². The third-order valence-corrected chi connectivity index (χ3v) is 3.35. The van der Waals surface area contributed by atoms with Gasteiger partial charge in [0, 0.05) is 6.07 Å². The second kappa shape index (κ2) is 4.50. The van der Waals surface area contributed by atoms with Gasteiger partial charge in [0.2, 0.25) is 0 Å². The Morgan fingerprint density at radius 3 is 2.40 bits per heavy atom. The van der Waals surface area contributed by atoms with Gasteiger partial charge in [-0.25, -0.2) is 8.42 Å². The maximum atomic E-state index is 11.6. The lowest BCUT2D eigenvalue weighted by molar-refractivity contribution is 0.392. The Hall–Kier alpha value is -1.27. The first-order valence-corrected chi connectivity index (χ1v) is 5.85. The van der Waals surface area contributed by atoms with E-state index in [1.54, 1.807) is 6.07 Å². The zero-order valence-corrected chi connectivity index (χ0v) is 9.37. The molecule has 1 rings (SSSR count). The molecule has 0 aromatic heterocycles. The van der Waals surface area contributed by atoms with Crippen LogP contribution in [-0.4, -0.2) is 28.5 Å². The zero-order chi connectivity index (χ0) is 11.5. The average Bonchev–Trinajstić information content (AvgIpc) is 2.28. The molecular weight excluding hydrogens is 218 g/mol. The highest BCUT2D eigenvalue weighted by Gasteiger charge is 2.18. The van der Waals surface area contributed by atoms with Crippen LogP contribution in [0.1, 0.15) is 0 Å². The third kappa shape index (κ3) is 2.40. The van der Waals surface area contributed by atoms with Gasteiger partial charge in [0.05, 0.1) is 14.2 Å². The van der Waals surface area contributed by atoms with Crippen LogP contribution >= 0.6 is 0 Å². The lowest BCUT2D eigenvalue weighted by atomic mass is 10.3. The van der Waals surface area contributed by atoms with Crippen LogP contribution in [0, 0.1) is 0 Å². The molecule has 0 atom stereocenters. The molecule has 0 saturated carbocycles. The van der Waals surface area contributed by atoms with E-state index in [2.05, 4.69) is 0 Å². The molecule has 0 radical (unpaired) electrons. The largest absolute Gasteiger partial charge is 0.497 e. The summed E-state index contributed by atoms with van der Waals surface area (Å²) in [5, 5.41) is 0. The molecular formula is C9H13NO4S. The van der Waals surface area contributed by atoms with Crippen molar-refractivity contribution >= 4 is 9.84 Å². The SMILES string of the molecule is COc1ccc(OC)c(S(=O)(=O)CN)c1. The molecule has 6 heteroatoms. The molecule has 2 N–H and O–H groups in total. The van der Waals surface area contributed by atoms with E-state index < -0.39 is 15.7 Å². The summed E-state index contributed by atoms with van der Waals surface area (Å²) in [5.74, 6) is 0.250. The topological polar surface area (TPSA) is 78.6 Å². The first kappa shape index (κ1) is 11.8. The van der Waals surface area contributed by atoms with Crippen LogP contribution in [0.4, 0.5) is 0 Å². The Balaban J connectivity index is 3.36. The predicted octanol–water partition coefficient (Wildman–Crippen LogP) is 0.394. The van der Waals surface area contributed by atoms with Gasteiger partial charge < -0.3 is 15.2 Å². The van der Waals surface area contributed by atoms with Crippen LogP contribution in [0.5, 0.6) is 11.5 Å². The third-order valence-electron chi connectivity index (χ3n) is 1.93. The zero-order valence-electron chi connectivity index (χ0n) is 8.56. The molecule has 0 aliphatic carbocycles. The molecule has 1 aromatic carbocycles. The van der Waals surface area contributed by atoms with Crippen molar-refractivity contribution in [1.29, 1.82) is 0 Å². The van der Waals surface area contributed by atoms with Crippen molar-refractivity contribution in [2.75, 3.05) is 20.1 Å². The smallest absolute Gasteiger partial charge is 0.194 e. The van der Waals surface area contributed by atoms with Gasteiger partial charge in [-0.05, 0) is 12.1 Å². The maximum Gasteiger partial charge on any atom is 0.194 e. The van der Waals surface area contributed by atoms with Crippen molar-refractivity contribution in [3.63, 3.8) is 0 Å². The van der Waals surface area contributed by atoms with Gasteiger partial charge >= 0.3 is 0 Å². The number of nitrogens with two attached hydrogens (primary N) is 1. The molecule has 0 amide bonds. The van der Waals surface area contributed by atoms with E-state index in [1.807, 2.05) is 0 Å². The second-order valence-corrected chi connectivity index (χ2v) is 4.80. The van der Waals surface area contributed by atoms with Crippen molar-refractivity contribution < 1.29 is 17.9 Å². The fraction of sp³-hybridized carbons (Fsp3) is 0.333. The van der Waals surface area contributed by atoms with Gasteiger partial charge in [-0.15, -0.1) is 0 Å². The molecule has 0 spiro atoms. The van der Waals surface area contributed by atoms with Crippen LogP contribution in [0.2, 0.25) is 0 Å². The van der Waals surface area contributed by atoms with Gasteiger partial charge in [-0.3, -0.25) is 0 Å². The van der Waals surface area contributed by atoms with Crippen LogP contribution in [0.15, 0.2) is 23.1 Å². The fourth-order valence-electron chi connectivity index (χ4n) is 1.12. The highest BCUT2D eigenvalue weighted by Crippen LogP contribution is 2.28. The van der Waals surface area contributed by atoms with E-state index in [4.69, 9.17) is 15.2 Å². The van der Waals surface area contributed by atoms with E-state index in [9.17, 15) is 8.42 Å². The number of benzene rings is 1. The Labute approximate surface area is 88.7 Å². The van der Waals surface area contributed by atoms with Gasteiger partial charge in [0.15, 0.2) is 9.84 Å². The summed E-state index contributed by atoms with van der Waals surface area (Å²) in [6.45, 7) is 0. The highest BCUT2D eigenvalue weighted by atomic mass is 32.2. The maximum absolute atomic E-state index is 11.6. The molecule has 84 valence electrons. The Kier molecular flexibility index (Phi) is 3.54. The lowest BCUT2D eigenvalue weighted by Gasteiger charge is -2.09. The van der Waals surface area contributed by atoms with Crippen LogP contribution in [-0.2, 0) is 9.84 Å². The lowest BCUT2D eigenvalue weighted by Crippen LogP contribution is -2.15. The van der Waals surface area contributed by atoms with Crippen LogP contribution < -0.4 is 15.2 Å². The van der Waals surface area contributed by atoms with Crippen LogP contribution in [0.25, 0.3) is 0 Å². The molecule has 0 bridgehead atoms. The van der Waals surface area contributed by atoms with Crippen molar-refractivity contribution in [1.82, 2.24) is 0 Å². The van der Waals surface area contributed by atoms with E-state index in [-0.39, 0.29) is 10.6 Å². The monoisotopic (exact) mass is 231 g/mol. The molecule has 0 heterocycles. The molecule has 0 aliphatic rings. The summed E-state index contributed by atoms with van der Waals surface area (Å²) >= 11 is 0. The molecule has 1 aromatic rings. The van der Waals surface area contributed by atoms with Crippen molar-refractivity contribution in [2.45, 2.75) is 4.90 Å². The number of hydrogen-bond donors (Lipinski definition) is 1. The Morgan fingerprint density at radius 2 is 1.93 bits per heavy atom. The molecule has 0 saturated heterocycles. The summed E-state index contributed by atoms with van der Waals surface area (Å²) in [5.41, 5.74) is 5.17. The highest BCUT2D eigenvalue weighted by molar-refractivity contribution is 7.91. The normalized spacial score (nSPS) is 11.1. The molecule has 0 aliphatic heterocycles. The predicted molar refractivity (Wildman–Crippen MR) is 55.8 cm³/mol. The number of methoxy groups -OCH3 is 2. The van der Waals surface area contributed by atoms with E-state index >= 15 is 0 Å². The molecule has 0 unspecified atom stereocenters. The summed E-state index contributed by atoms with van der Waals surface area (Å²) < 4.78 is 33.1. The average molecular weight is 231 g/mol. The molecule has 5 nitrogen and oxygen atoms in total. The minimum Gasteiger partial charge on any atom is -0.497 e. The number of hydrogen-bond acceptors (Lipinski definition) is 5. The summed E-state index contributed by atoms with van der Waals surface area (Å²) in [4.78, 5) is 0.0480. The van der Waals surface area contributed by atoms with Gasteiger partial charge in [-0.2, -0.15) is 0 Å². The summed E-state index contributed by atoms with van der Waals surface area (Å²) in [7, 11) is -0.642. The Bertz CT molecular complexity index is 441. The van der Waals surface area contributed by atoms with Crippen molar-refractivity contribution in [3.8, 4) is 11.5 Å². The minimum absolute atomic E-state index is 0.0480. The molecule has 0 fully saturated rings. The van der Waals surface area contributed by atoms with Crippen molar-refractivity contribution in [3.05, 3.63) is 18.2 Å². The first-order chi connectivity index (χ1) is 7.05. The van der Waals surface area contributed by atoms with Gasteiger partial charge in [0.1, 0.15) is 22.3 Å². The molecule has 15 heavy (non-hydrogen) atoms. The summed E-state index contributed by atoms with van der Waals surface area (Å²) in [6.07, 6.45) is 0. The number of ether oxygens (including phenoxy) is 2. The van der Waals surface area contributed by atoms with E-state index in [0.29, 0.717) is 5.75 Å².